The lowest BCUT2D eigenvalue weighted by Crippen LogP contribution is -2.23. The summed E-state index contributed by atoms with van der Waals surface area (Å²) in [5.41, 5.74) is 2.92. The fraction of sp³-hybridized carbons (Fsp3) is 0.300. The third kappa shape index (κ3) is 3.30. The molecule has 1 aromatic carbocycles. The molecule has 3 heterocycles. The summed E-state index contributed by atoms with van der Waals surface area (Å²) in [6.45, 7) is 2.25. The molecular formula is C20H18N4O3S2. The van der Waals surface area contributed by atoms with Crippen molar-refractivity contribution >= 4 is 60.6 Å². The molecule has 0 unspecified atom stereocenters. The van der Waals surface area contributed by atoms with E-state index in [0.717, 1.165) is 44.8 Å². The molecule has 5 rings (SSSR count). The Bertz CT molecular complexity index is 1290. The second kappa shape index (κ2) is 7.23. The molecule has 4 aromatic rings. The van der Waals surface area contributed by atoms with E-state index in [1.165, 1.54) is 21.8 Å². The summed E-state index contributed by atoms with van der Waals surface area (Å²) < 4.78 is 6.11. The molecule has 7 nitrogen and oxygen atoms in total. The average Bonchev–Trinajstić information content (AvgIpc) is 3.26. The lowest BCUT2D eigenvalue weighted by atomic mass is 9.88. The second-order valence-corrected chi connectivity index (χ2v) is 9.05. The van der Waals surface area contributed by atoms with Crippen molar-refractivity contribution in [3.05, 3.63) is 44.6 Å². The Morgan fingerprint density at radius 3 is 3.10 bits per heavy atom. The fourth-order valence-corrected chi connectivity index (χ4v) is 5.87. The summed E-state index contributed by atoms with van der Waals surface area (Å²) in [6.07, 6.45) is 3.83. The van der Waals surface area contributed by atoms with Gasteiger partial charge in [-0.25, -0.2) is 9.97 Å². The van der Waals surface area contributed by atoms with Gasteiger partial charge < -0.3 is 15.0 Å². The lowest BCUT2D eigenvalue weighted by molar-refractivity contribution is -0.148. The van der Waals surface area contributed by atoms with Gasteiger partial charge in [0.2, 0.25) is 0 Å². The van der Waals surface area contributed by atoms with Gasteiger partial charge in [0, 0.05) is 10.6 Å². The molecule has 0 bridgehead atoms. The molecule has 29 heavy (non-hydrogen) atoms. The highest BCUT2D eigenvalue weighted by Gasteiger charge is 2.29. The van der Waals surface area contributed by atoms with Crippen LogP contribution in [0.25, 0.3) is 20.4 Å². The van der Waals surface area contributed by atoms with Crippen LogP contribution in [0.2, 0.25) is 0 Å². The topological polar surface area (TPSA) is 97.0 Å². The minimum absolute atomic E-state index is 0.0652. The van der Waals surface area contributed by atoms with Crippen molar-refractivity contribution in [2.45, 2.75) is 26.2 Å². The number of thiophene rings is 1. The SMILES string of the molecule is CCOC(=O)[C@@H]1CCc2c(sc3ncnc(Nc4ccc5[nH]c(=O)sc5c4)c23)C1. The van der Waals surface area contributed by atoms with Crippen LogP contribution in [0, 0.1) is 5.92 Å². The van der Waals surface area contributed by atoms with E-state index in [-0.39, 0.29) is 16.8 Å². The number of benzene rings is 1. The predicted octanol–water partition coefficient (Wildman–Crippen LogP) is 4.01. The number of hydrogen-bond donors (Lipinski definition) is 2. The Morgan fingerprint density at radius 1 is 1.34 bits per heavy atom. The van der Waals surface area contributed by atoms with Crippen LogP contribution in [-0.4, -0.2) is 27.5 Å². The van der Waals surface area contributed by atoms with E-state index >= 15 is 0 Å². The first-order valence-electron chi connectivity index (χ1n) is 9.44. The van der Waals surface area contributed by atoms with Gasteiger partial charge in [-0.3, -0.25) is 9.59 Å². The van der Waals surface area contributed by atoms with E-state index in [1.54, 1.807) is 17.7 Å². The minimum atomic E-state index is -0.112. The Kier molecular flexibility index (Phi) is 4.56. The maximum absolute atomic E-state index is 12.2. The smallest absolute Gasteiger partial charge is 0.309 e. The number of nitrogens with zero attached hydrogens (tertiary/aromatic N) is 2. The van der Waals surface area contributed by atoms with Gasteiger partial charge in [0.25, 0.3) is 0 Å². The van der Waals surface area contributed by atoms with Crippen LogP contribution >= 0.6 is 22.7 Å². The number of aromatic nitrogens is 3. The van der Waals surface area contributed by atoms with Crippen LogP contribution in [0.4, 0.5) is 11.5 Å². The number of thiazole rings is 1. The highest BCUT2D eigenvalue weighted by Crippen LogP contribution is 2.40. The van der Waals surface area contributed by atoms with Gasteiger partial charge in [0.05, 0.1) is 28.1 Å². The number of aryl methyl sites for hydroxylation is 1. The van der Waals surface area contributed by atoms with Crippen molar-refractivity contribution in [2.24, 2.45) is 5.92 Å². The summed E-state index contributed by atoms with van der Waals surface area (Å²) in [5, 5.41) is 4.42. The van der Waals surface area contributed by atoms with Gasteiger partial charge in [0.1, 0.15) is 17.0 Å². The molecule has 1 aliphatic rings. The standard InChI is InChI=1S/C20H18N4O3S2/c1-2-27-19(25)10-3-5-12-14(7-10)28-18-16(12)17(21-9-22-18)23-11-4-6-13-15(8-11)29-20(26)24-13/h4,6,8-10H,2-3,5,7H2,1H3,(H,24,26)(H,21,22,23)/t10-/m1/s1. The van der Waals surface area contributed by atoms with Crippen molar-refractivity contribution in [2.75, 3.05) is 11.9 Å². The van der Waals surface area contributed by atoms with Gasteiger partial charge in [-0.1, -0.05) is 11.3 Å². The van der Waals surface area contributed by atoms with E-state index in [9.17, 15) is 9.59 Å². The van der Waals surface area contributed by atoms with Crippen molar-refractivity contribution in [1.29, 1.82) is 0 Å². The summed E-state index contributed by atoms with van der Waals surface area (Å²) in [4.78, 5) is 37.5. The van der Waals surface area contributed by atoms with E-state index in [0.29, 0.717) is 13.0 Å². The van der Waals surface area contributed by atoms with Gasteiger partial charge >= 0.3 is 10.8 Å². The number of ether oxygens (including phenoxy) is 1. The molecule has 1 atom stereocenters. The van der Waals surface area contributed by atoms with Crippen LogP contribution in [0.5, 0.6) is 0 Å². The molecule has 0 aliphatic heterocycles. The summed E-state index contributed by atoms with van der Waals surface area (Å²) in [6, 6.07) is 5.76. The van der Waals surface area contributed by atoms with Crippen LogP contribution in [-0.2, 0) is 22.4 Å². The zero-order valence-corrected chi connectivity index (χ0v) is 17.3. The Labute approximate surface area is 173 Å². The first-order chi connectivity index (χ1) is 14.1. The predicted molar refractivity (Wildman–Crippen MR) is 115 cm³/mol. The van der Waals surface area contributed by atoms with Gasteiger partial charge in [-0.05, 0) is 49.9 Å². The molecule has 2 N–H and O–H groups in total. The molecule has 148 valence electrons. The first-order valence-corrected chi connectivity index (χ1v) is 11.1. The number of aromatic amines is 1. The largest absolute Gasteiger partial charge is 0.466 e. The van der Waals surface area contributed by atoms with Crippen molar-refractivity contribution in [1.82, 2.24) is 15.0 Å². The van der Waals surface area contributed by atoms with Gasteiger partial charge in [-0.2, -0.15) is 0 Å². The molecule has 0 saturated carbocycles. The van der Waals surface area contributed by atoms with Crippen LogP contribution in [0.1, 0.15) is 23.8 Å². The first kappa shape index (κ1) is 18.3. The third-order valence-corrected chi connectivity index (χ3v) is 7.16. The van der Waals surface area contributed by atoms with E-state index < -0.39 is 0 Å². The van der Waals surface area contributed by atoms with Crippen molar-refractivity contribution < 1.29 is 9.53 Å². The number of anilines is 2. The summed E-state index contributed by atoms with van der Waals surface area (Å²) >= 11 is 2.81. The van der Waals surface area contributed by atoms with Crippen LogP contribution in [0.15, 0.2) is 29.3 Å². The number of carbonyl (C=O) groups excluding carboxylic acids is 1. The van der Waals surface area contributed by atoms with Crippen molar-refractivity contribution in [3.63, 3.8) is 0 Å². The average molecular weight is 427 g/mol. The number of hydrogen-bond acceptors (Lipinski definition) is 8. The number of rotatable bonds is 4. The number of carbonyl (C=O) groups is 1. The number of nitrogens with one attached hydrogen (secondary N) is 2. The quantitative estimate of drug-likeness (QED) is 0.479. The molecule has 0 radical (unpaired) electrons. The molecule has 1 aliphatic carbocycles. The van der Waals surface area contributed by atoms with Crippen LogP contribution < -0.4 is 10.2 Å². The molecule has 0 spiro atoms. The number of esters is 1. The monoisotopic (exact) mass is 426 g/mol. The van der Waals surface area contributed by atoms with E-state index in [1.807, 2.05) is 25.1 Å². The Morgan fingerprint density at radius 2 is 2.24 bits per heavy atom. The van der Waals surface area contributed by atoms with Gasteiger partial charge in [-0.15, -0.1) is 11.3 Å². The summed E-state index contributed by atoms with van der Waals surface area (Å²) in [7, 11) is 0. The molecular weight excluding hydrogens is 408 g/mol. The minimum Gasteiger partial charge on any atom is -0.466 e. The molecule has 3 aromatic heterocycles. The molecule has 0 amide bonds. The Balaban J connectivity index is 1.50. The molecule has 0 fully saturated rings. The maximum atomic E-state index is 12.2. The normalized spacial score (nSPS) is 16.1. The third-order valence-electron chi connectivity index (χ3n) is 5.15. The summed E-state index contributed by atoms with van der Waals surface area (Å²) in [5.74, 6) is 0.557. The zero-order chi connectivity index (χ0) is 20.0. The highest BCUT2D eigenvalue weighted by molar-refractivity contribution is 7.19. The lowest BCUT2D eigenvalue weighted by Gasteiger charge is -2.20. The van der Waals surface area contributed by atoms with Crippen LogP contribution in [0.3, 0.4) is 0 Å². The number of fused-ring (bicyclic) bond motifs is 4. The Hall–Kier alpha value is -2.78. The van der Waals surface area contributed by atoms with E-state index in [4.69, 9.17) is 4.74 Å². The number of H-pyrrole nitrogens is 1. The van der Waals surface area contributed by atoms with E-state index in [2.05, 4.69) is 20.3 Å². The van der Waals surface area contributed by atoms with Gasteiger partial charge in [0.15, 0.2) is 0 Å². The fourth-order valence-electron chi connectivity index (χ4n) is 3.83. The second-order valence-electron chi connectivity index (χ2n) is 6.95. The molecule has 9 heteroatoms. The highest BCUT2D eigenvalue weighted by atomic mass is 32.1. The van der Waals surface area contributed by atoms with Crippen molar-refractivity contribution in [3.8, 4) is 0 Å². The maximum Gasteiger partial charge on any atom is 0.309 e. The molecule has 0 saturated heterocycles. The zero-order valence-electron chi connectivity index (χ0n) is 15.7.